The Morgan fingerprint density at radius 1 is 1.50 bits per heavy atom. The molecule has 0 radical (unpaired) electrons. The molecule has 1 aliphatic heterocycles. The van der Waals surface area contributed by atoms with Crippen LogP contribution in [0.3, 0.4) is 0 Å². The van der Waals surface area contributed by atoms with Crippen LogP contribution >= 0.6 is 0 Å². The molecule has 86 valence electrons. The van der Waals surface area contributed by atoms with Gasteiger partial charge in [-0.25, -0.2) is 4.79 Å². The number of nitrogens with one attached hydrogen (secondary N) is 2. The molecule has 16 heavy (non-hydrogen) atoms. The van der Waals surface area contributed by atoms with Gasteiger partial charge in [-0.05, 0) is 18.6 Å². The number of hydrogen-bond donors (Lipinski definition) is 2. The number of hydrogen-bond acceptors (Lipinski definition) is 2. The summed E-state index contributed by atoms with van der Waals surface area (Å²) in [5, 5.41) is 6.15. The Balaban J connectivity index is 2.28. The minimum atomic E-state index is -0.0151. The molecule has 0 fully saturated rings. The van der Waals surface area contributed by atoms with Crippen molar-refractivity contribution in [3.05, 3.63) is 29.8 Å². The van der Waals surface area contributed by atoms with Crippen LogP contribution in [0.2, 0.25) is 0 Å². The van der Waals surface area contributed by atoms with Gasteiger partial charge in [0, 0.05) is 31.9 Å². The van der Waals surface area contributed by atoms with E-state index in [-0.39, 0.29) is 6.03 Å². The molecular weight excluding hydrogens is 202 g/mol. The van der Waals surface area contributed by atoms with Crippen molar-refractivity contribution in [2.45, 2.75) is 13.5 Å². The molecule has 0 bridgehead atoms. The number of carbonyl (C=O) groups excluding carboxylic acids is 1. The molecule has 4 nitrogen and oxygen atoms in total. The average molecular weight is 219 g/mol. The first-order valence-corrected chi connectivity index (χ1v) is 5.67. The monoisotopic (exact) mass is 219 g/mol. The molecule has 1 aromatic rings. The lowest BCUT2D eigenvalue weighted by molar-refractivity contribution is 0.247. The van der Waals surface area contributed by atoms with Gasteiger partial charge in [0.1, 0.15) is 0 Å². The lowest BCUT2D eigenvalue weighted by Crippen LogP contribution is -2.42. The van der Waals surface area contributed by atoms with Gasteiger partial charge >= 0.3 is 6.03 Å². The van der Waals surface area contributed by atoms with Crippen LogP contribution in [0, 0.1) is 0 Å². The van der Waals surface area contributed by atoms with Gasteiger partial charge in [0.25, 0.3) is 0 Å². The summed E-state index contributed by atoms with van der Waals surface area (Å²) < 4.78 is 0. The Bertz CT molecular complexity index is 378. The highest BCUT2D eigenvalue weighted by molar-refractivity contribution is 5.92. The molecule has 2 N–H and O–H groups in total. The summed E-state index contributed by atoms with van der Waals surface area (Å²) in [7, 11) is 0. The molecule has 4 heteroatoms. The molecule has 0 unspecified atom stereocenters. The van der Waals surface area contributed by atoms with E-state index in [0.29, 0.717) is 13.1 Å². The largest absolute Gasteiger partial charge is 0.338 e. The Hall–Kier alpha value is -1.55. The van der Waals surface area contributed by atoms with Gasteiger partial charge in [-0.2, -0.15) is 0 Å². The second-order valence-electron chi connectivity index (χ2n) is 3.79. The predicted molar refractivity (Wildman–Crippen MR) is 64.6 cm³/mol. The lowest BCUT2D eigenvalue weighted by atomic mass is 10.1. The van der Waals surface area contributed by atoms with Crippen LogP contribution in [0.25, 0.3) is 0 Å². The molecule has 0 aliphatic carbocycles. The van der Waals surface area contributed by atoms with Crippen molar-refractivity contribution < 1.29 is 4.79 Å². The summed E-state index contributed by atoms with van der Waals surface area (Å²) >= 11 is 0. The molecule has 0 saturated heterocycles. The predicted octanol–water partition coefficient (Wildman–Crippen LogP) is 1.33. The van der Waals surface area contributed by atoms with Crippen LogP contribution < -0.4 is 15.5 Å². The Morgan fingerprint density at radius 2 is 2.31 bits per heavy atom. The van der Waals surface area contributed by atoms with Gasteiger partial charge in [0.2, 0.25) is 0 Å². The van der Waals surface area contributed by atoms with Crippen LogP contribution in [-0.4, -0.2) is 25.7 Å². The number of rotatable bonds is 1. The standard InChI is InChI=1S/C12H17N3O/c1-2-14-12(16)15-8-7-13-9-10-5-3-4-6-11(10)15/h3-6,13H,2,7-9H2,1H3,(H,14,16). The first-order valence-electron chi connectivity index (χ1n) is 5.67. The van der Waals surface area contributed by atoms with Crippen LogP contribution in [0.1, 0.15) is 12.5 Å². The van der Waals surface area contributed by atoms with Crippen molar-refractivity contribution in [3.8, 4) is 0 Å². The molecule has 0 atom stereocenters. The van der Waals surface area contributed by atoms with Gasteiger partial charge in [-0.1, -0.05) is 18.2 Å². The zero-order valence-corrected chi connectivity index (χ0v) is 9.49. The third-order valence-corrected chi connectivity index (χ3v) is 2.68. The topological polar surface area (TPSA) is 44.4 Å². The van der Waals surface area contributed by atoms with E-state index in [1.54, 1.807) is 4.90 Å². The number of amides is 2. The normalized spacial score (nSPS) is 15.2. The fourth-order valence-corrected chi connectivity index (χ4v) is 1.92. The van der Waals surface area contributed by atoms with E-state index >= 15 is 0 Å². The number of para-hydroxylation sites is 1. The van der Waals surface area contributed by atoms with Gasteiger partial charge in [0.05, 0.1) is 0 Å². The fourth-order valence-electron chi connectivity index (χ4n) is 1.92. The highest BCUT2D eigenvalue weighted by atomic mass is 16.2. The minimum absolute atomic E-state index is 0.0151. The summed E-state index contributed by atoms with van der Waals surface area (Å²) in [5.74, 6) is 0. The van der Waals surface area contributed by atoms with Crippen LogP contribution in [-0.2, 0) is 6.54 Å². The van der Waals surface area contributed by atoms with E-state index in [1.807, 2.05) is 25.1 Å². The summed E-state index contributed by atoms with van der Waals surface area (Å²) in [6.07, 6.45) is 0. The maximum absolute atomic E-state index is 11.9. The summed E-state index contributed by atoms with van der Waals surface area (Å²) in [5.41, 5.74) is 2.18. The number of carbonyl (C=O) groups is 1. The van der Waals surface area contributed by atoms with Gasteiger partial charge in [0.15, 0.2) is 0 Å². The highest BCUT2D eigenvalue weighted by Crippen LogP contribution is 2.21. The van der Waals surface area contributed by atoms with Crippen LogP contribution in [0.15, 0.2) is 24.3 Å². The van der Waals surface area contributed by atoms with Crippen molar-refractivity contribution in [2.75, 3.05) is 24.5 Å². The average Bonchev–Trinajstić information content (AvgIpc) is 2.51. The maximum Gasteiger partial charge on any atom is 0.321 e. The quantitative estimate of drug-likeness (QED) is 0.748. The Kier molecular flexibility index (Phi) is 3.41. The molecule has 0 spiro atoms. The molecule has 2 rings (SSSR count). The minimum Gasteiger partial charge on any atom is -0.338 e. The molecule has 1 heterocycles. The second-order valence-corrected chi connectivity index (χ2v) is 3.79. The fraction of sp³-hybridized carbons (Fsp3) is 0.417. The van der Waals surface area contributed by atoms with Crippen molar-refractivity contribution >= 4 is 11.7 Å². The number of benzene rings is 1. The van der Waals surface area contributed by atoms with Crippen LogP contribution in [0.4, 0.5) is 10.5 Å². The van der Waals surface area contributed by atoms with E-state index in [2.05, 4.69) is 16.7 Å². The van der Waals surface area contributed by atoms with E-state index < -0.39 is 0 Å². The lowest BCUT2D eigenvalue weighted by Gasteiger charge is -2.22. The maximum atomic E-state index is 11.9. The van der Waals surface area contributed by atoms with Crippen molar-refractivity contribution in [1.82, 2.24) is 10.6 Å². The van der Waals surface area contributed by atoms with Gasteiger partial charge in [-0.3, -0.25) is 4.90 Å². The third-order valence-electron chi connectivity index (χ3n) is 2.68. The number of nitrogens with zero attached hydrogens (tertiary/aromatic N) is 1. The zero-order chi connectivity index (χ0) is 11.4. The number of anilines is 1. The van der Waals surface area contributed by atoms with Gasteiger partial charge in [-0.15, -0.1) is 0 Å². The third kappa shape index (κ3) is 2.17. The van der Waals surface area contributed by atoms with E-state index in [1.165, 1.54) is 5.56 Å². The van der Waals surface area contributed by atoms with Crippen molar-refractivity contribution in [1.29, 1.82) is 0 Å². The summed E-state index contributed by atoms with van der Waals surface area (Å²) in [4.78, 5) is 13.7. The summed E-state index contributed by atoms with van der Waals surface area (Å²) in [6, 6.07) is 8.01. The van der Waals surface area contributed by atoms with Gasteiger partial charge < -0.3 is 10.6 Å². The van der Waals surface area contributed by atoms with E-state index in [0.717, 1.165) is 18.8 Å². The zero-order valence-electron chi connectivity index (χ0n) is 9.49. The van der Waals surface area contributed by atoms with Crippen LogP contribution in [0.5, 0.6) is 0 Å². The molecule has 0 aromatic heterocycles. The van der Waals surface area contributed by atoms with Crippen molar-refractivity contribution in [2.24, 2.45) is 0 Å². The SMILES string of the molecule is CCNC(=O)N1CCNCc2ccccc21. The van der Waals surface area contributed by atoms with Crippen molar-refractivity contribution in [3.63, 3.8) is 0 Å². The van der Waals surface area contributed by atoms with E-state index in [4.69, 9.17) is 0 Å². The van der Waals surface area contributed by atoms with E-state index in [9.17, 15) is 4.79 Å². The smallest absolute Gasteiger partial charge is 0.321 e. The highest BCUT2D eigenvalue weighted by Gasteiger charge is 2.19. The molecule has 1 aliphatic rings. The summed E-state index contributed by atoms with van der Waals surface area (Å²) in [6.45, 7) is 4.95. The second kappa shape index (κ2) is 4.99. The molecular formula is C12H17N3O. The number of urea groups is 1. The Labute approximate surface area is 95.6 Å². The molecule has 2 amide bonds. The first kappa shape index (κ1) is 11.0. The molecule has 1 aromatic carbocycles. The number of fused-ring (bicyclic) bond motifs is 1. The first-order chi connectivity index (χ1) is 7.83. The molecule has 0 saturated carbocycles. The Morgan fingerprint density at radius 3 is 3.12 bits per heavy atom.